The highest BCUT2D eigenvalue weighted by Gasteiger charge is 2.17. The van der Waals surface area contributed by atoms with Gasteiger partial charge >= 0.3 is 0 Å². The van der Waals surface area contributed by atoms with E-state index in [-0.39, 0.29) is 23.4 Å². The Hall–Kier alpha value is -0.930. The molecule has 0 nitrogen and oxygen atoms in total. The molecule has 0 spiro atoms. The second-order valence-electron chi connectivity index (χ2n) is 4.31. The molecule has 0 heterocycles. The number of halogens is 4. The van der Waals surface area contributed by atoms with Gasteiger partial charge in [-0.05, 0) is 41.8 Å². The maximum absolute atomic E-state index is 13.7. The molecule has 0 aliphatic carbocycles. The molecule has 0 saturated carbocycles. The summed E-state index contributed by atoms with van der Waals surface area (Å²) in [5, 5.41) is 0. The molecule has 100 valence electrons. The van der Waals surface area contributed by atoms with Crippen molar-refractivity contribution in [2.75, 3.05) is 5.88 Å². The van der Waals surface area contributed by atoms with Crippen molar-refractivity contribution in [1.29, 1.82) is 0 Å². The van der Waals surface area contributed by atoms with Gasteiger partial charge in [-0.1, -0.05) is 34.1 Å². The highest BCUT2D eigenvalue weighted by atomic mass is 79.9. The van der Waals surface area contributed by atoms with Gasteiger partial charge in [-0.2, -0.15) is 0 Å². The predicted octanol–water partition coefficient (Wildman–Crippen LogP) is 5.29. The van der Waals surface area contributed by atoms with Gasteiger partial charge < -0.3 is 0 Å². The number of rotatable bonds is 4. The molecule has 0 fully saturated rings. The maximum Gasteiger partial charge on any atom is 0.126 e. The van der Waals surface area contributed by atoms with Crippen LogP contribution in [0.25, 0.3) is 0 Å². The molecule has 4 heteroatoms. The normalized spacial score (nSPS) is 12.4. The Morgan fingerprint density at radius 3 is 2.47 bits per heavy atom. The van der Waals surface area contributed by atoms with Gasteiger partial charge in [0.1, 0.15) is 11.6 Å². The molecule has 1 unspecified atom stereocenters. The molecule has 0 bridgehead atoms. The van der Waals surface area contributed by atoms with E-state index in [1.165, 1.54) is 12.1 Å². The van der Waals surface area contributed by atoms with E-state index in [2.05, 4.69) is 15.9 Å². The van der Waals surface area contributed by atoms with Crippen molar-refractivity contribution in [2.45, 2.75) is 12.3 Å². The summed E-state index contributed by atoms with van der Waals surface area (Å²) >= 11 is 9.22. The fourth-order valence-electron chi connectivity index (χ4n) is 2.02. The third-order valence-corrected chi connectivity index (χ3v) is 3.87. The lowest BCUT2D eigenvalue weighted by molar-refractivity contribution is 0.572. The van der Waals surface area contributed by atoms with E-state index in [9.17, 15) is 8.78 Å². The average molecular weight is 346 g/mol. The summed E-state index contributed by atoms with van der Waals surface area (Å²) in [6.45, 7) is 0. The first-order valence-corrected chi connectivity index (χ1v) is 7.19. The molecule has 0 aromatic heterocycles. The first kappa shape index (κ1) is 14.5. The second kappa shape index (κ2) is 6.49. The van der Waals surface area contributed by atoms with Gasteiger partial charge in [-0.15, -0.1) is 11.6 Å². The minimum atomic E-state index is -0.302. The number of hydrogen-bond donors (Lipinski definition) is 0. The van der Waals surface area contributed by atoms with Crippen molar-refractivity contribution in [3.8, 4) is 0 Å². The Balaban J connectivity index is 2.29. The number of hydrogen-bond acceptors (Lipinski definition) is 0. The summed E-state index contributed by atoms with van der Waals surface area (Å²) in [7, 11) is 0. The zero-order chi connectivity index (χ0) is 13.8. The van der Waals surface area contributed by atoms with Crippen LogP contribution in [0.15, 0.2) is 46.9 Å². The van der Waals surface area contributed by atoms with Crippen LogP contribution in [0.3, 0.4) is 0 Å². The van der Waals surface area contributed by atoms with Crippen LogP contribution in [0.5, 0.6) is 0 Å². The summed E-state index contributed by atoms with van der Waals surface area (Å²) < 4.78 is 28.3. The zero-order valence-corrected chi connectivity index (χ0v) is 12.4. The summed E-state index contributed by atoms with van der Waals surface area (Å²) in [6.07, 6.45) is 0.371. The lowest BCUT2D eigenvalue weighted by Gasteiger charge is -2.16. The van der Waals surface area contributed by atoms with E-state index in [1.54, 1.807) is 30.3 Å². The van der Waals surface area contributed by atoms with Crippen molar-refractivity contribution < 1.29 is 8.78 Å². The zero-order valence-electron chi connectivity index (χ0n) is 10.0. The van der Waals surface area contributed by atoms with E-state index in [0.717, 1.165) is 4.47 Å². The molecule has 0 aliphatic rings. The van der Waals surface area contributed by atoms with E-state index in [1.807, 2.05) is 0 Å². The van der Waals surface area contributed by atoms with Crippen LogP contribution in [0.2, 0.25) is 0 Å². The Bertz CT molecular complexity index is 572. The Morgan fingerprint density at radius 1 is 1.05 bits per heavy atom. The van der Waals surface area contributed by atoms with Crippen LogP contribution in [0, 0.1) is 11.6 Å². The van der Waals surface area contributed by atoms with Crippen LogP contribution < -0.4 is 0 Å². The van der Waals surface area contributed by atoms with Crippen LogP contribution in [0.1, 0.15) is 17.0 Å². The highest BCUT2D eigenvalue weighted by Crippen LogP contribution is 2.27. The van der Waals surface area contributed by atoms with E-state index in [0.29, 0.717) is 17.5 Å². The highest BCUT2D eigenvalue weighted by molar-refractivity contribution is 9.10. The first-order chi connectivity index (χ1) is 9.11. The van der Waals surface area contributed by atoms with Gasteiger partial charge in [0, 0.05) is 16.3 Å². The molecule has 0 N–H and O–H groups in total. The van der Waals surface area contributed by atoms with Gasteiger partial charge in [0.2, 0.25) is 0 Å². The van der Waals surface area contributed by atoms with Crippen LogP contribution in [-0.4, -0.2) is 5.88 Å². The van der Waals surface area contributed by atoms with Crippen molar-refractivity contribution in [3.05, 3.63) is 69.7 Å². The van der Waals surface area contributed by atoms with E-state index in [4.69, 9.17) is 11.6 Å². The molecular weight excluding hydrogens is 334 g/mol. The fraction of sp³-hybridized carbons (Fsp3) is 0.200. The first-order valence-electron chi connectivity index (χ1n) is 5.86. The largest absolute Gasteiger partial charge is 0.207 e. The molecule has 2 rings (SSSR count). The SMILES string of the molecule is Fc1ccc(Br)cc1CC(CCl)c1ccccc1F. The van der Waals surface area contributed by atoms with E-state index < -0.39 is 0 Å². The van der Waals surface area contributed by atoms with Crippen LogP contribution >= 0.6 is 27.5 Å². The second-order valence-corrected chi connectivity index (χ2v) is 5.54. The molecule has 19 heavy (non-hydrogen) atoms. The van der Waals surface area contributed by atoms with Crippen molar-refractivity contribution >= 4 is 27.5 Å². The molecule has 0 aliphatic heterocycles. The molecule has 2 aromatic rings. The maximum atomic E-state index is 13.7. The minimum absolute atomic E-state index is 0.243. The number of benzene rings is 2. The van der Waals surface area contributed by atoms with Gasteiger partial charge in [0.25, 0.3) is 0 Å². The quantitative estimate of drug-likeness (QED) is 0.660. The lowest BCUT2D eigenvalue weighted by Crippen LogP contribution is -2.08. The molecule has 2 aromatic carbocycles. The Kier molecular flexibility index (Phi) is 4.94. The standard InChI is InChI=1S/C15H12BrClF2/c16-12-5-6-14(18)10(8-12)7-11(9-17)13-3-1-2-4-15(13)19/h1-6,8,11H,7,9H2. The van der Waals surface area contributed by atoms with Gasteiger partial charge in [0.05, 0.1) is 0 Å². The lowest BCUT2D eigenvalue weighted by atomic mass is 9.93. The summed E-state index contributed by atoms with van der Waals surface area (Å²) in [6, 6.07) is 11.2. The van der Waals surface area contributed by atoms with Gasteiger partial charge in [-0.3, -0.25) is 0 Å². The molecule has 0 amide bonds. The monoisotopic (exact) mass is 344 g/mol. The molecule has 0 radical (unpaired) electrons. The van der Waals surface area contributed by atoms with Crippen molar-refractivity contribution in [3.63, 3.8) is 0 Å². The Morgan fingerprint density at radius 2 is 1.79 bits per heavy atom. The summed E-state index contributed by atoms with van der Waals surface area (Å²) in [4.78, 5) is 0. The smallest absolute Gasteiger partial charge is 0.126 e. The average Bonchev–Trinajstić information content (AvgIpc) is 2.41. The summed E-state index contributed by atoms with van der Waals surface area (Å²) in [5.74, 6) is -0.600. The van der Waals surface area contributed by atoms with Gasteiger partial charge in [-0.25, -0.2) is 8.78 Å². The summed E-state index contributed by atoms with van der Waals surface area (Å²) in [5.41, 5.74) is 1.06. The third-order valence-electron chi connectivity index (χ3n) is 3.01. The molecule has 0 saturated heterocycles. The van der Waals surface area contributed by atoms with Crippen molar-refractivity contribution in [2.24, 2.45) is 0 Å². The van der Waals surface area contributed by atoms with Crippen LogP contribution in [0.4, 0.5) is 8.78 Å². The van der Waals surface area contributed by atoms with E-state index >= 15 is 0 Å². The molecular formula is C15H12BrClF2. The van der Waals surface area contributed by atoms with Crippen LogP contribution in [-0.2, 0) is 6.42 Å². The predicted molar refractivity (Wildman–Crippen MR) is 77.7 cm³/mol. The minimum Gasteiger partial charge on any atom is -0.207 e. The molecule has 1 atom stereocenters. The fourth-order valence-corrected chi connectivity index (χ4v) is 2.70. The Labute approximate surface area is 124 Å². The third kappa shape index (κ3) is 3.54. The van der Waals surface area contributed by atoms with Gasteiger partial charge in [0.15, 0.2) is 0 Å². The number of alkyl halides is 1. The topological polar surface area (TPSA) is 0 Å². The van der Waals surface area contributed by atoms with Crippen molar-refractivity contribution in [1.82, 2.24) is 0 Å².